The number of ether oxygens (including phenoxy) is 1. The molecule has 23 heavy (non-hydrogen) atoms. The Labute approximate surface area is 136 Å². The van der Waals surface area contributed by atoms with Gasteiger partial charge in [0.25, 0.3) is 0 Å². The van der Waals surface area contributed by atoms with Crippen LogP contribution in [0.4, 0.5) is 0 Å². The first-order valence-corrected chi connectivity index (χ1v) is 7.71. The van der Waals surface area contributed by atoms with E-state index in [0.717, 1.165) is 6.42 Å². The average molecular weight is 323 g/mol. The van der Waals surface area contributed by atoms with Gasteiger partial charge in [-0.3, -0.25) is 4.79 Å². The summed E-state index contributed by atoms with van der Waals surface area (Å²) in [5.74, 6) is -1.40. The second-order valence-electron chi connectivity index (χ2n) is 6.33. The highest BCUT2D eigenvalue weighted by Gasteiger charge is 2.37. The maximum absolute atomic E-state index is 12.1. The lowest BCUT2D eigenvalue weighted by atomic mass is 9.76. The summed E-state index contributed by atoms with van der Waals surface area (Å²) < 4.78 is 5.12. The lowest BCUT2D eigenvalue weighted by Crippen LogP contribution is -2.30. The molecule has 1 N–H and O–H groups in total. The van der Waals surface area contributed by atoms with Gasteiger partial charge in [0.15, 0.2) is 5.78 Å². The van der Waals surface area contributed by atoms with Crippen molar-refractivity contribution in [1.82, 2.24) is 0 Å². The van der Waals surface area contributed by atoms with Gasteiger partial charge >= 0.3 is 5.97 Å². The lowest BCUT2D eigenvalue weighted by Gasteiger charge is -2.28. The van der Waals surface area contributed by atoms with Crippen molar-refractivity contribution < 1.29 is 24.3 Å². The molecule has 0 aromatic carbocycles. The standard InChI is InChI=1S/C17H25NO5/c1-5-7-12(18-23-8-6-2)11-22-16(21)15-13(19)9-17(3,4)10-14(15)20/h6,19H,2,5,7-11H2,1,3-4H3/b18-12+. The van der Waals surface area contributed by atoms with Crippen LogP contribution in [0.15, 0.2) is 29.1 Å². The van der Waals surface area contributed by atoms with E-state index in [1.54, 1.807) is 6.08 Å². The van der Waals surface area contributed by atoms with E-state index in [0.29, 0.717) is 12.1 Å². The first-order chi connectivity index (χ1) is 10.8. The smallest absolute Gasteiger partial charge is 0.345 e. The number of allylic oxidation sites excluding steroid dienone is 1. The number of Topliss-reactive ketones (excluding diaryl/α,β-unsaturated/α-hetero) is 1. The molecule has 0 bridgehead atoms. The second-order valence-corrected chi connectivity index (χ2v) is 6.33. The zero-order valence-corrected chi connectivity index (χ0v) is 14.1. The normalized spacial score (nSPS) is 17.9. The number of aliphatic hydroxyl groups excluding tert-OH is 1. The summed E-state index contributed by atoms with van der Waals surface area (Å²) >= 11 is 0. The third kappa shape index (κ3) is 5.88. The zero-order chi connectivity index (χ0) is 17.5. The Balaban J connectivity index is 2.72. The topological polar surface area (TPSA) is 85.2 Å². The van der Waals surface area contributed by atoms with Crippen molar-refractivity contribution in [3.63, 3.8) is 0 Å². The molecule has 0 saturated carbocycles. The van der Waals surface area contributed by atoms with Crippen LogP contribution in [-0.4, -0.2) is 35.8 Å². The molecule has 1 aliphatic carbocycles. The minimum atomic E-state index is -0.810. The van der Waals surface area contributed by atoms with E-state index in [9.17, 15) is 14.7 Å². The van der Waals surface area contributed by atoms with Crippen LogP contribution in [0.3, 0.4) is 0 Å². The maximum Gasteiger partial charge on any atom is 0.345 e. The van der Waals surface area contributed by atoms with Crippen molar-refractivity contribution in [2.75, 3.05) is 13.2 Å². The van der Waals surface area contributed by atoms with E-state index in [1.165, 1.54) is 0 Å². The number of nitrogens with zero attached hydrogens (tertiary/aromatic N) is 1. The summed E-state index contributed by atoms with van der Waals surface area (Å²) in [6.07, 6.45) is 3.47. The molecule has 0 fully saturated rings. The van der Waals surface area contributed by atoms with Gasteiger partial charge in [-0.25, -0.2) is 4.79 Å². The molecule has 0 atom stereocenters. The van der Waals surface area contributed by atoms with Gasteiger partial charge in [-0.15, -0.1) is 0 Å². The number of rotatable bonds is 8. The van der Waals surface area contributed by atoms with Crippen molar-refractivity contribution in [1.29, 1.82) is 0 Å². The van der Waals surface area contributed by atoms with E-state index in [2.05, 4.69) is 11.7 Å². The number of esters is 1. The van der Waals surface area contributed by atoms with Crippen molar-refractivity contribution in [2.24, 2.45) is 10.6 Å². The predicted octanol–water partition coefficient (Wildman–Crippen LogP) is 3.09. The van der Waals surface area contributed by atoms with Gasteiger partial charge in [0, 0.05) is 12.8 Å². The molecule has 0 spiro atoms. The van der Waals surface area contributed by atoms with E-state index in [-0.39, 0.29) is 48.6 Å². The Morgan fingerprint density at radius 3 is 2.70 bits per heavy atom. The van der Waals surface area contributed by atoms with Crippen molar-refractivity contribution in [3.8, 4) is 0 Å². The third-order valence-corrected chi connectivity index (χ3v) is 3.35. The molecule has 0 aromatic heterocycles. The summed E-state index contributed by atoms with van der Waals surface area (Å²) in [5.41, 5.74) is -0.0308. The van der Waals surface area contributed by atoms with Gasteiger partial charge in [0.1, 0.15) is 24.5 Å². The monoisotopic (exact) mass is 323 g/mol. The highest BCUT2D eigenvalue weighted by atomic mass is 16.6. The molecule has 0 unspecified atom stereocenters. The van der Waals surface area contributed by atoms with Crippen molar-refractivity contribution in [3.05, 3.63) is 24.0 Å². The Bertz CT molecular complexity index is 531. The van der Waals surface area contributed by atoms with Gasteiger partial charge in [-0.05, 0) is 11.8 Å². The maximum atomic E-state index is 12.1. The summed E-state index contributed by atoms with van der Waals surface area (Å²) in [5, 5.41) is 13.9. The molecule has 1 aliphatic rings. The predicted molar refractivity (Wildman–Crippen MR) is 87.1 cm³/mol. The molecule has 128 valence electrons. The molecule has 6 nitrogen and oxygen atoms in total. The largest absolute Gasteiger partial charge is 0.511 e. The Morgan fingerprint density at radius 2 is 2.13 bits per heavy atom. The molecule has 6 heteroatoms. The van der Waals surface area contributed by atoms with E-state index in [4.69, 9.17) is 9.57 Å². The molecule has 0 saturated heterocycles. The highest BCUT2D eigenvalue weighted by Crippen LogP contribution is 2.35. The van der Waals surface area contributed by atoms with Crippen molar-refractivity contribution >= 4 is 17.5 Å². The molecule has 0 radical (unpaired) electrons. The van der Waals surface area contributed by atoms with Gasteiger partial charge in [-0.1, -0.05) is 45.0 Å². The van der Waals surface area contributed by atoms with Gasteiger partial charge in [0.05, 0.1) is 5.71 Å². The molecule has 0 heterocycles. The third-order valence-electron chi connectivity index (χ3n) is 3.35. The number of hydrogen-bond acceptors (Lipinski definition) is 6. The fraction of sp³-hybridized carbons (Fsp3) is 0.588. The van der Waals surface area contributed by atoms with Crippen LogP contribution in [0, 0.1) is 5.41 Å². The molecule has 1 rings (SSSR count). The SMILES string of the molecule is C=CCO/N=C(\CCC)COC(=O)C1=C(O)CC(C)(C)CC1=O. The van der Waals surface area contributed by atoms with Crippen LogP contribution < -0.4 is 0 Å². The fourth-order valence-electron chi connectivity index (χ4n) is 2.35. The molecule has 0 aliphatic heterocycles. The van der Waals surface area contributed by atoms with Crippen LogP contribution in [0.25, 0.3) is 0 Å². The number of carbonyl (C=O) groups is 2. The summed E-state index contributed by atoms with van der Waals surface area (Å²) in [7, 11) is 0. The van der Waals surface area contributed by atoms with Crippen LogP contribution in [-0.2, 0) is 19.2 Å². The summed E-state index contributed by atoms with van der Waals surface area (Å²) in [6.45, 7) is 9.41. The van der Waals surface area contributed by atoms with E-state index >= 15 is 0 Å². The zero-order valence-electron chi connectivity index (χ0n) is 14.1. The summed E-state index contributed by atoms with van der Waals surface area (Å²) in [6, 6.07) is 0. The molecular formula is C17H25NO5. The van der Waals surface area contributed by atoms with Gasteiger partial charge in [0.2, 0.25) is 0 Å². The first-order valence-electron chi connectivity index (χ1n) is 7.71. The van der Waals surface area contributed by atoms with Gasteiger partial charge in [-0.2, -0.15) is 0 Å². The minimum Gasteiger partial charge on any atom is -0.511 e. The number of aliphatic hydroxyl groups is 1. The van der Waals surface area contributed by atoms with Crippen LogP contribution >= 0.6 is 0 Å². The fourth-order valence-corrected chi connectivity index (χ4v) is 2.35. The molecule has 0 amide bonds. The van der Waals surface area contributed by atoms with E-state index in [1.807, 2.05) is 20.8 Å². The number of ketones is 1. The quantitative estimate of drug-likeness (QED) is 0.185. The molecule has 0 aromatic rings. The number of carbonyl (C=O) groups excluding carboxylic acids is 2. The number of oxime groups is 1. The van der Waals surface area contributed by atoms with E-state index < -0.39 is 5.97 Å². The van der Waals surface area contributed by atoms with Crippen LogP contribution in [0.5, 0.6) is 0 Å². The summed E-state index contributed by atoms with van der Waals surface area (Å²) in [4.78, 5) is 29.1. The highest BCUT2D eigenvalue weighted by molar-refractivity contribution is 6.18. The Morgan fingerprint density at radius 1 is 1.43 bits per heavy atom. The lowest BCUT2D eigenvalue weighted by molar-refractivity contribution is -0.140. The van der Waals surface area contributed by atoms with Crippen LogP contribution in [0.1, 0.15) is 46.5 Å². The molecular weight excluding hydrogens is 298 g/mol. The first kappa shape index (κ1) is 18.9. The average Bonchev–Trinajstić information content (AvgIpc) is 2.42. The van der Waals surface area contributed by atoms with Crippen LogP contribution in [0.2, 0.25) is 0 Å². The van der Waals surface area contributed by atoms with Gasteiger partial charge < -0.3 is 14.7 Å². The second kappa shape index (κ2) is 8.50. The minimum absolute atomic E-state index is 0.0722. The number of hydrogen-bond donors (Lipinski definition) is 1. The Kier molecular flexibility index (Phi) is 7.00. The Hall–Kier alpha value is -2.11. The van der Waals surface area contributed by atoms with Crippen molar-refractivity contribution in [2.45, 2.75) is 46.5 Å².